The van der Waals surface area contributed by atoms with Crippen LogP contribution in [-0.4, -0.2) is 24.2 Å². The molecule has 1 heterocycles. The maximum atomic E-state index is 5.46. The minimum Gasteiger partial charge on any atom is -0.377 e. The van der Waals surface area contributed by atoms with Crippen LogP contribution in [0.25, 0.3) is 0 Å². The van der Waals surface area contributed by atoms with E-state index in [9.17, 15) is 0 Å². The predicted octanol–water partition coefficient (Wildman–Crippen LogP) is 2.54. The Kier molecular flexibility index (Phi) is 4.32. The number of rotatable bonds is 7. The van der Waals surface area contributed by atoms with Crippen LogP contribution in [0.15, 0.2) is 6.20 Å². The molecule has 4 heteroatoms. The second-order valence-electron chi connectivity index (χ2n) is 4.54. The summed E-state index contributed by atoms with van der Waals surface area (Å²) < 4.78 is 5.46. The van der Waals surface area contributed by atoms with Gasteiger partial charge in [-0.05, 0) is 26.7 Å². The lowest BCUT2D eigenvalue weighted by Crippen LogP contribution is -2.20. The Morgan fingerprint density at radius 2 is 2.38 bits per heavy atom. The third-order valence-corrected chi connectivity index (χ3v) is 3.69. The summed E-state index contributed by atoms with van der Waals surface area (Å²) in [7, 11) is 0. The molecule has 1 aliphatic carbocycles. The van der Waals surface area contributed by atoms with Gasteiger partial charge in [-0.15, -0.1) is 11.3 Å². The summed E-state index contributed by atoms with van der Waals surface area (Å²) in [5.74, 6) is 0.781. The summed E-state index contributed by atoms with van der Waals surface area (Å²) in [5.41, 5.74) is 0. The van der Waals surface area contributed by atoms with Crippen molar-refractivity contribution in [3.63, 3.8) is 0 Å². The molecule has 0 amide bonds. The molecule has 1 N–H and O–H groups in total. The van der Waals surface area contributed by atoms with Gasteiger partial charge in [-0.3, -0.25) is 0 Å². The van der Waals surface area contributed by atoms with Crippen molar-refractivity contribution in [3.05, 3.63) is 16.1 Å². The predicted molar refractivity (Wildman–Crippen MR) is 66.9 cm³/mol. The van der Waals surface area contributed by atoms with E-state index in [-0.39, 0.29) is 0 Å². The number of hydrogen-bond donors (Lipinski definition) is 1. The largest absolute Gasteiger partial charge is 0.377 e. The van der Waals surface area contributed by atoms with Gasteiger partial charge < -0.3 is 10.1 Å². The lowest BCUT2D eigenvalue weighted by Gasteiger charge is -2.07. The van der Waals surface area contributed by atoms with Crippen molar-refractivity contribution in [1.29, 1.82) is 0 Å². The third-order valence-electron chi connectivity index (χ3n) is 2.53. The van der Waals surface area contributed by atoms with Crippen LogP contribution in [0.2, 0.25) is 0 Å². The molecule has 0 aliphatic heterocycles. The monoisotopic (exact) mass is 240 g/mol. The van der Waals surface area contributed by atoms with E-state index in [4.69, 9.17) is 4.74 Å². The van der Waals surface area contributed by atoms with Crippen LogP contribution in [0, 0.1) is 0 Å². The molecule has 2 rings (SSSR count). The van der Waals surface area contributed by atoms with Gasteiger partial charge in [0.2, 0.25) is 0 Å². The number of nitrogens with zero attached hydrogens (tertiary/aromatic N) is 1. The zero-order valence-corrected chi connectivity index (χ0v) is 10.8. The topological polar surface area (TPSA) is 34.1 Å². The fourth-order valence-corrected chi connectivity index (χ4v) is 2.56. The highest BCUT2D eigenvalue weighted by Gasteiger charge is 2.26. The lowest BCUT2D eigenvalue weighted by molar-refractivity contribution is 0.0807. The van der Waals surface area contributed by atoms with Crippen molar-refractivity contribution in [3.8, 4) is 0 Å². The fourth-order valence-electron chi connectivity index (χ4n) is 1.50. The van der Waals surface area contributed by atoms with E-state index in [2.05, 4.69) is 24.1 Å². The molecule has 0 atom stereocenters. The van der Waals surface area contributed by atoms with Crippen LogP contribution in [0.4, 0.5) is 0 Å². The van der Waals surface area contributed by atoms with Gasteiger partial charge >= 0.3 is 0 Å². The zero-order chi connectivity index (χ0) is 11.4. The summed E-state index contributed by atoms with van der Waals surface area (Å²) in [4.78, 5) is 5.79. The van der Waals surface area contributed by atoms with Crippen molar-refractivity contribution >= 4 is 11.3 Å². The van der Waals surface area contributed by atoms with Crippen LogP contribution >= 0.6 is 11.3 Å². The SMILES string of the molecule is CC(C)OCCNCc1cnc(C2CC2)s1. The van der Waals surface area contributed by atoms with Crippen molar-refractivity contribution in [2.45, 2.75) is 45.3 Å². The van der Waals surface area contributed by atoms with Crippen molar-refractivity contribution in [2.75, 3.05) is 13.2 Å². The van der Waals surface area contributed by atoms with Gasteiger partial charge in [0.1, 0.15) is 0 Å². The van der Waals surface area contributed by atoms with E-state index >= 15 is 0 Å². The Bertz CT molecular complexity index is 321. The average Bonchev–Trinajstić information content (AvgIpc) is 2.99. The number of nitrogens with one attached hydrogen (secondary N) is 1. The molecule has 1 saturated carbocycles. The molecular formula is C12H20N2OS. The minimum atomic E-state index is 0.326. The molecule has 0 aromatic carbocycles. The molecular weight excluding hydrogens is 220 g/mol. The Hall–Kier alpha value is -0.450. The second kappa shape index (κ2) is 5.75. The third kappa shape index (κ3) is 3.85. The van der Waals surface area contributed by atoms with Gasteiger partial charge in [-0.2, -0.15) is 0 Å². The summed E-state index contributed by atoms with van der Waals surface area (Å²) in [6, 6.07) is 0. The molecule has 1 aliphatic rings. The molecule has 0 saturated heterocycles. The van der Waals surface area contributed by atoms with Gasteiger partial charge in [0.15, 0.2) is 0 Å². The normalized spacial score (nSPS) is 15.9. The van der Waals surface area contributed by atoms with Crippen LogP contribution in [0.1, 0.15) is 42.5 Å². The first-order valence-corrected chi connectivity index (χ1v) is 6.84. The zero-order valence-electron chi connectivity index (χ0n) is 10.0. The molecule has 1 fully saturated rings. The van der Waals surface area contributed by atoms with E-state index in [1.165, 1.54) is 22.7 Å². The molecule has 0 radical (unpaired) electrons. The quantitative estimate of drug-likeness (QED) is 0.744. The Balaban J connectivity index is 1.61. The molecule has 1 aromatic rings. The van der Waals surface area contributed by atoms with Gasteiger partial charge in [-0.1, -0.05) is 0 Å². The van der Waals surface area contributed by atoms with Gasteiger partial charge in [0.25, 0.3) is 0 Å². The smallest absolute Gasteiger partial charge is 0.0959 e. The molecule has 0 spiro atoms. The van der Waals surface area contributed by atoms with Crippen molar-refractivity contribution < 1.29 is 4.74 Å². The highest BCUT2D eigenvalue weighted by Crippen LogP contribution is 2.41. The summed E-state index contributed by atoms with van der Waals surface area (Å²) in [6.45, 7) is 6.74. The average molecular weight is 240 g/mol. The number of hydrogen-bond acceptors (Lipinski definition) is 4. The first kappa shape index (κ1) is 12.0. The number of aromatic nitrogens is 1. The molecule has 0 unspecified atom stereocenters. The highest BCUT2D eigenvalue weighted by molar-refractivity contribution is 7.11. The van der Waals surface area contributed by atoms with Crippen LogP contribution in [0.3, 0.4) is 0 Å². The molecule has 16 heavy (non-hydrogen) atoms. The minimum absolute atomic E-state index is 0.326. The number of ether oxygens (including phenoxy) is 1. The maximum Gasteiger partial charge on any atom is 0.0959 e. The van der Waals surface area contributed by atoms with E-state index in [0.29, 0.717) is 6.10 Å². The van der Waals surface area contributed by atoms with Crippen LogP contribution < -0.4 is 5.32 Å². The Morgan fingerprint density at radius 1 is 1.56 bits per heavy atom. The Labute approximate surface area is 101 Å². The van der Waals surface area contributed by atoms with Gasteiger partial charge in [0, 0.05) is 30.1 Å². The van der Waals surface area contributed by atoms with E-state index in [1.54, 1.807) is 0 Å². The lowest BCUT2D eigenvalue weighted by atomic mass is 10.4. The molecule has 90 valence electrons. The Morgan fingerprint density at radius 3 is 3.06 bits per heavy atom. The fraction of sp³-hybridized carbons (Fsp3) is 0.750. The first-order valence-electron chi connectivity index (χ1n) is 6.02. The van der Waals surface area contributed by atoms with Gasteiger partial charge in [-0.25, -0.2) is 4.98 Å². The summed E-state index contributed by atoms with van der Waals surface area (Å²) in [5, 5.41) is 4.70. The maximum absolute atomic E-state index is 5.46. The summed E-state index contributed by atoms with van der Waals surface area (Å²) in [6.07, 6.45) is 5.01. The second-order valence-corrected chi connectivity index (χ2v) is 5.68. The first-order chi connectivity index (χ1) is 7.75. The van der Waals surface area contributed by atoms with Crippen molar-refractivity contribution in [1.82, 2.24) is 10.3 Å². The number of thiazole rings is 1. The molecule has 3 nitrogen and oxygen atoms in total. The highest BCUT2D eigenvalue weighted by atomic mass is 32.1. The molecule has 0 bridgehead atoms. The van der Waals surface area contributed by atoms with Crippen LogP contribution in [-0.2, 0) is 11.3 Å². The molecule has 1 aromatic heterocycles. The summed E-state index contributed by atoms with van der Waals surface area (Å²) >= 11 is 1.85. The van der Waals surface area contributed by atoms with E-state index < -0.39 is 0 Å². The van der Waals surface area contributed by atoms with E-state index in [0.717, 1.165) is 25.6 Å². The van der Waals surface area contributed by atoms with Crippen LogP contribution in [0.5, 0.6) is 0 Å². The standard InChI is InChI=1S/C12H20N2OS/c1-9(2)15-6-5-13-7-11-8-14-12(16-11)10-3-4-10/h8-10,13H,3-7H2,1-2H3. The van der Waals surface area contributed by atoms with Crippen molar-refractivity contribution in [2.24, 2.45) is 0 Å². The van der Waals surface area contributed by atoms with E-state index in [1.807, 2.05) is 17.5 Å². The van der Waals surface area contributed by atoms with Gasteiger partial charge in [0.05, 0.1) is 17.7 Å².